The fraction of sp³-hybridized carbons (Fsp3) is 0.480. The van der Waals surface area contributed by atoms with Gasteiger partial charge >= 0.3 is 12.1 Å². The van der Waals surface area contributed by atoms with Gasteiger partial charge in [-0.25, -0.2) is 0 Å². The van der Waals surface area contributed by atoms with Crippen molar-refractivity contribution in [3.8, 4) is 11.1 Å². The van der Waals surface area contributed by atoms with E-state index < -0.39 is 17.7 Å². The Labute approximate surface area is 197 Å². The monoisotopic (exact) mass is 482 g/mol. The van der Waals surface area contributed by atoms with Gasteiger partial charge in [0.2, 0.25) is 0 Å². The average molecular weight is 483 g/mol. The van der Waals surface area contributed by atoms with Gasteiger partial charge in [-0.1, -0.05) is 54.9 Å². The van der Waals surface area contributed by atoms with Crippen molar-refractivity contribution in [1.82, 2.24) is 10.6 Å². The van der Waals surface area contributed by atoms with Crippen LogP contribution < -0.4 is 10.6 Å². The second kappa shape index (κ2) is 10.9. The average Bonchev–Trinajstić information content (AvgIpc) is 2.81. The first kappa shape index (κ1) is 25.5. The van der Waals surface area contributed by atoms with Crippen LogP contribution >= 0.6 is 11.6 Å². The maximum absolute atomic E-state index is 12.5. The van der Waals surface area contributed by atoms with Gasteiger partial charge in [0, 0.05) is 29.6 Å². The zero-order valence-electron chi connectivity index (χ0n) is 18.6. The Morgan fingerprint density at radius 2 is 2.00 bits per heavy atom. The minimum absolute atomic E-state index is 0.142. The number of benzene rings is 2. The number of halogens is 4. The van der Waals surface area contributed by atoms with E-state index in [1.807, 2.05) is 35.6 Å². The second-order valence-electron chi connectivity index (χ2n) is 8.54. The third kappa shape index (κ3) is 6.08. The van der Waals surface area contributed by atoms with Gasteiger partial charge < -0.3 is 15.7 Å². The molecule has 3 N–H and O–H groups in total. The molecule has 1 unspecified atom stereocenters. The topological polar surface area (TPSA) is 61.4 Å². The third-order valence-corrected chi connectivity index (χ3v) is 6.67. The molecule has 1 aliphatic rings. The fourth-order valence-electron chi connectivity index (χ4n) is 4.60. The number of carbonyl (C=O) groups excluding carboxylic acids is 1. The number of amides is 1. The van der Waals surface area contributed by atoms with Crippen molar-refractivity contribution in [2.45, 2.75) is 50.8 Å². The summed E-state index contributed by atoms with van der Waals surface area (Å²) in [7, 11) is 0. The van der Waals surface area contributed by atoms with Crippen LogP contribution in [0.15, 0.2) is 42.5 Å². The highest BCUT2D eigenvalue weighted by Crippen LogP contribution is 2.44. The molecule has 1 fully saturated rings. The molecule has 2 aromatic rings. The van der Waals surface area contributed by atoms with Crippen molar-refractivity contribution < 1.29 is 23.1 Å². The van der Waals surface area contributed by atoms with E-state index in [0.29, 0.717) is 17.1 Å². The summed E-state index contributed by atoms with van der Waals surface area (Å²) in [6, 6.07) is 13.4. The molecule has 3 rings (SSSR count). The normalized spacial score (nSPS) is 18.5. The minimum Gasteiger partial charge on any atom is -0.385 e. The van der Waals surface area contributed by atoms with Crippen LogP contribution in [-0.2, 0) is 16.8 Å². The van der Waals surface area contributed by atoms with Crippen molar-refractivity contribution in [2.75, 3.05) is 19.6 Å². The lowest BCUT2D eigenvalue weighted by Crippen LogP contribution is -2.45. The van der Waals surface area contributed by atoms with Crippen LogP contribution in [0.25, 0.3) is 11.1 Å². The third-order valence-electron chi connectivity index (χ3n) is 6.35. The highest BCUT2D eigenvalue weighted by atomic mass is 35.5. The van der Waals surface area contributed by atoms with E-state index in [2.05, 4.69) is 12.2 Å². The van der Waals surface area contributed by atoms with E-state index in [-0.39, 0.29) is 25.3 Å². The molecule has 0 saturated carbocycles. The van der Waals surface area contributed by atoms with E-state index in [1.54, 1.807) is 12.1 Å². The first-order chi connectivity index (χ1) is 15.7. The molecule has 0 radical (unpaired) electrons. The lowest BCUT2D eigenvalue weighted by Gasteiger charge is -2.40. The SMILES string of the molecule is CCc1cccc(-c2c(Cl)cccc2C(O)(CCCNC(=O)C(F)(F)F)[C@@H]2CCCNC2)c1. The lowest BCUT2D eigenvalue weighted by molar-refractivity contribution is -0.173. The first-order valence-corrected chi connectivity index (χ1v) is 11.7. The van der Waals surface area contributed by atoms with Crippen LogP contribution in [0.1, 0.15) is 43.7 Å². The maximum atomic E-state index is 12.5. The molecule has 1 heterocycles. The highest BCUT2D eigenvalue weighted by Gasteiger charge is 2.41. The van der Waals surface area contributed by atoms with Crippen molar-refractivity contribution in [3.05, 3.63) is 58.6 Å². The summed E-state index contributed by atoms with van der Waals surface area (Å²) in [5.74, 6) is -2.11. The number of carbonyl (C=O) groups is 1. The summed E-state index contributed by atoms with van der Waals surface area (Å²) in [4.78, 5) is 11.2. The predicted molar refractivity (Wildman–Crippen MR) is 124 cm³/mol. The molecule has 1 aliphatic heterocycles. The summed E-state index contributed by atoms with van der Waals surface area (Å²) in [6.07, 6.45) is -2.02. The smallest absolute Gasteiger partial charge is 0.385 e. The molecule has 180 valence electrons. The number of hydrogen-bond acceptors (Lipinski definition) is 3. The van der Waals surface area contributed by atoms with Crippen LogP contribution in [0.3, 0.4) is 0 Å². The molecule has 0 aromatic heterocycles. The maximum Gasteiger partial charge on any atom is 0.471 e. The Hall–Kier alpha value is -2.09. The number of nitrogens with one attached hydrogen (secondary N) is 2. The van der Waals surface area contributed by atoms with Crippen LogP contribution in [-0.4, -0.2) is 36.8 Å². The Morgan fingerprint density at radius 1 is 1.24 bits per heavy atom. The molecule has 33 heavy (non-hydrogen) atoms. The summed E-state index contributed by atoms with van der Waals surface area (Å²) in [5.41, 5.74) is 2.11. The van der Waals surface area contributed by atoms with Gasteiger partial charge in [-0.2, -0.15) is 13.2 Å². The predicted octanol–water partition coefficient (Wildman–Crippen LogP) is 5.22. The summed E-state index contributed by atoms with van der Waals surface area (Å²) < 4.78 is 37.6. The first-order valence-electron chi connectivity index (χ1n) is 11.3. The number of piperidine rings is 1. The summed E-state index contributed by atoms with van der Waals surface area (Å²) >= 11 is 6.65. The van der Waals surface area contributed by atoms with Crippen molar-refractivity contribution in [2.24, 2.45) is 5.92 Å². The largest absolute Gasteiger partial charge is 0.471 e. The van der Waals surface area contributed by atoms with Crippen molar-refractivity contribution >= 4 is 17.5 Å². The summed E-state index contributed by atoms with van der Waals surface area (Å²) in [6.45, 7) is 3.33. The number of hydrogen-bond donors (Lipinski definition) is 3. The molecule has 4 nitrogen and oxygen atoms in total. The molecule has 2 atom stereocenters. The van der Waals surface area contributed by atoms with E-state index in [0.717, 1.165) is 42.5 Å². The molecule has 8 heteroatoms. The fourth-order valence-corrected chi connectivity index (χ4v) is 4.89. The van der Waals surface area contributed by atoms with Crippen molar-refractivity contribution in [3.63, 3.8) is 0 Å². The van der Waals surface area contributed by atoms with Gasteiger partial charge in [-0.05, 0) is 61.4 Å². The highest BCUT2D eigenvalue weighted by molar-refractivity contribution is 6.33. The zero-order chi connectivity index (χ0) is 24.1. The Bertz CT molecular complexity index is 961. The Kier molecular flexibility index (Phi) is 8.43. The second-order valence-corrected chi connectivity index (χ2v) is 8.95. The minimum atomic E-state index is -4.92. The molecule has 0 aliphatic carbocycles. The van der Waals surface area contributed by atoms with Crippen LogP contribution in [0.5, 0.6) is 0 Å². The van der Waals surface area contributed by atoms with Crippen LogP contribution in [0, 0.1) is 5.92 Å². The number of rotatable bonds is 8. The van der Waals surface area contributed by atoms with E-state index in [1.165, 1.54) is 0 Å². The molecule has 1 amide bonds. The molecule has 0 spiro atoms. The standard InChI is InChI=1S/C25H30ClF3N2O2/c1-2-17-7-3-8-18(15-17)22-20(10-4-11-21(22)26)24(33,19-9-5-13-30-16-19)12-6-14-31-23(32)25(27,28)29/h3-4,7-8,10-11,15,19,30,33H,2,5-6,9,12-14,16H2,1H3,(H,31,32)/t19-,24?/m1/s1. The van der Waals surface area contributed by atoms with Gasteiger partial charge in [-0.15, -0.1) is 0 Å². The van der Waals surface area contributed by atoms with E-state index >= 15 is 0 Å². The van der Waals surface area contributed by atoms with Gasteiger partial charge in [-0.3, -0.25) is 4.79 Å². The van der Waals surface area contributed by atoms with Crippen LogP contribution in [0.2, 0.25) is 5.02 Å². The molecule has 1 saturated heterocycles. The number of aliphatic hydroxyl groups is 1. The van der Waals surface area contributed by atoms with Gasteiger partial charge in [0.15, 0.2) is 0 Å². The number of alkyl halides is 3. The molecule has 0 bridgehead atoms. The van der Waals surface area contributed by atoms with Gasteiger partial charge in [0.25, 0.3) is 0 Å². The summed E-state index contributed by atoms with van der Waals surface area (Å²) in [5, 5.41) is 17.8. The van der Waals surface area contributed by atoms with E-state index in [4.69, 9.17) is 11.6 Å². The van der Waals surface area contributed by atoms with Gasteiger partial charge in [0.1, 0.15) is 0 Å². The molecular formula is C25H30ClF3N2O2. The lowest BCUT2D eigenvalue weighted by atomic mass is 9.72. The van der Waals surface area contributed by atoms with Gasteiger partial charge in [0.05, 0.1) is 5.60 Å². The quantitative estimate of drug-likeness (QED) is 0.452. The Balaban J connectivity index is 1.95. The van der Waals surface area contributed by atoms with Crippen molar-refractivity contribution in [1.29, 1.82) is 0 Å². The molecule has 2 aromatic carbocycles. The van der Waals surface area contributed by atoms with Crippen LogP contribution in [0.4, 0.5) is 13.2 Å². The molecular weight excluding hydrogens is 453 g/mol. The van der Waals surface area contributed by atoms with E-state index in [9.17, 15) is 23.1 Å². The Morgan fingerprint density at radius 3 is 2.67 bits per heavy atom. The zero-order valence-corrected chi connectivity index (χ0v) is 19.4. The number of aryl methyl sites for hydroxylation is 1.